The van der Waals surface area contributed by atoms with Crippen LogP contribution in [0.1, 0.15) is 22.0 Å². The van der Waals surface area contributed by atoms with Gasteiger partial charge in [0.15, 0.2) is 6.29 Å². The van der Waals surface area contributed by atoms with Gasteiger partial charge in [0, 0.05) is 19.8 Å². The Morgan fingerprint density at radius 3 is 2.26 bits per heavy atom. The number of hydrogen-bond donors (Lipinski definition) is 1. The van der Waals surface area contributed by atoms with Crippen LogP contribution in [0, 0.1) is 0 Å². The van der Waals surface area contributed by atoms with Crippen molar-refractivity contribution in [3.8, 4) is 5.75 Å². The van der Waals surface area contributed by atoms with Gasteiger partial charge in [-0.1, -0.05) is 36.4 Å². The molecule has 0 aliphatic carbocycles. The van der Waals surface area contributed by atoms with Crippen molar-refractivity contribution in [3.63, 3.8) is 0 Å². The Morgan fingerprint density at radius 2 is 1.65 bits per heavy atom. The summed E-state index contributed by atoms with van der Waals surface area (Å²) in [4.78, 5) is 12.6. The zero-order valence-corrected chi connectivity index (χ0v) is 13.5. The second kappa shape index (κ2) is 8.31. The van der Waals surface area contributed by atoms with E-state index in [-0.39, 0.29) is 5.91 Å². The normalized spacial score (nSPS) is 12.0. The summed E-state index contributed by atoms with van der Waals surface area (Å²) < 4.78 is 15.8. The molecule has 0 aromatic heterocycles. The average molecular weight is 315 g/mol. The maximum Gasteiger partial charge on any atom is 0.252 e. The Labute approximate surface area is 136 Å². The Balaban J connectivity index is 2.24. The molecule has 2 aromatic rings. The second-order valence-corrected chi connectivity index (χ2v) is 4.93. The lowest BCUT2D eigenvalue weighted by molar-refractivity contribution is -0.122. The average Bonchev–Trinajstić information content (AvgIpc) is 2.62. The standard InChI is InChI=1S/C18H21NO4/c1-21-15-11-7-10-14(12-15)17(20)19-16(18(22-2)23-3)13-8-5-4-6-9-13/h4-12,16,18H,1-3H3,(H,19,20)/t16-/m0/s1. The van der Waals surface area contributed by atoms with Crippen LogP contribution in [-0.4, -0.2) is 33.5 Å². The lowest BCUT2D eigenvalue weighted by Crippen LogP contribution is -2.38. The first kappa shape index (κ1) is 17.0. The number of carbonyl (C=O) groups is 1. The second-order valence-electron chi connectivity index (χ2n) is 4.93. The molecule has 5 nitrogen and oxygen atoms in total. The number of hydrogen-bond acceptors (Lipinski definition) is 4. The number of benzene rings is 2. The molecular weight excluding hydrogens is 294 g/mol. The van der Waals surface area contributed by atoms with Gasteiger partial charge in [0.1, 0.15) is 11.8 Å². The topological polar surface area (TPSA) is 56.8 Å². The van der Waals surface area contributed by atoms with Crippen LogP contribution < -0.4 is 10.1 Å². The predicted molar refractivity (Wildman–Crippen MR) is 87.4 cm³/mol. The van der Waals surface area contributed by atoms with Gasteiger partial charge >= 0.3 is 0 Å². The van der Waals surface area contributed by atoms with E-state index in [0.717, 1.165) is 5.56 Å². The van der Waals surface area contributed by atoms with Gasteiger partial charge in [-0.25, -0.2) is 0 Å². The zero-order chi connectivity index (χ0) is 16.7. The summed E-state index contributed by atoms with van der Waals surface area (Å²) in [5, 5.41) is 2.96. The van der Waals surface area contributed by atoms with Crippen LogP contribution >= 0.6 is 0 Å². The molecule has 0 aliphatic heterocycles. The van der Waals surface area contributed by atoms with Gasteiger partial charge in [0.25, 0.3) is 5.91 Å². The third kappa shape index (κ3) is 4.31. The fourth-order valence-corrected chi connectivity index (χ4v) is 2.33. The van der Waals surface area contributed by atoms with Crippen LogP contribution in [0.4, 0.5) is 0 Å². The Morgan fingerprint density at radius 1 is 0.957 bits per heavy atom. The predicted octanol–water partition coefficient (Wildman–Crippen LogP) is 2.79. The molecule has 122 valence electrons. The number of rotatable bonds is 7. The SMILES string of the molecule is COc1cccc(C(=O)N[C@@H](c2ccccc2)C(OC)OC)c1. The Kier molecular flexibility index (Phi) is 6.14. The maximum atomic E-state index is 12.6. The maximum absolute atomic E-state index is 12.6. The molecule has 23 heavy (non-hydrogen) atoms. The minimum absolute atomic E-state index is 0.225. The van der Waals surface area contributed by atoms with Gasteiger partial charge in [-0.2, -0.15) is 0 Å². The summed E-state index contributed by atoms with van der Waals surface area (Å²) in [6.45, 7) is 0. The largest absolute Gasteiger partial charge is 0.497 e. The summed E-state index contributed by atoms with van der Waals surface area (Å²) in [5.74, 6) is 0.404. The fraction of sp³-hybridized carbons (Fsp3) is 0.278. The summed E-state index contributed by atoms with van der Waals surface area (Å²) in [5.41, 5.74) is 1.41. The van der Waals surface area contributed by atoms with E-state index in [1.54, 1.807) is 45.6 Å². The smallest absolute Gasteiger partial charge is 0.252 e. The molecular formula is C18H21NO4. The minimum atomic E-state index is -0.591. The van der Waals surface area contributed by atoms with E-state index in [4.69, 9.17) is 14.2 Å². The minimum Gasteiger partial charge on any atom is -0.497 e. The molecule has 0 heterocycles. The number of ether oxygens (including phenoxy) is 3. The van der Waals surface area contributed by atoms with Crippen LogP contribution in [0.5, 0.6) is 5.75 Å². The van der Waals surface area contributed by atoms with Crippen LogP contribution in [0.25, 0.3) is 0 Å². The summed E-state index contributed by atoms with van der Waals surface area (Å²) in [7, 11) is 4.65. The van der Waals surface area contributed by atoms with E-state index < -0.39 is 12.3 Å². The van der Waals surface area contributed by atoms with Crippen molar-refractivity contribution in [3.05, 3.63) is 65.7 Å². The third-order valence-electron chi connectivity index (χ3n) is 3.51. The Hall–Kier alpha value is -2.37. The highest BCUT2D eigenvalue weighted by molar-refractivity contribution is 5.94. The van der Waals surface area contributed by atoms with Crippen molar-refractivity contribution < 1.29 is 19.0 Å². The first-order chi connectivity index (χ1) is 11.2. The highest BCUT2D eigenvalue weighted by Crippen LogP contribution is 2.21. The molecule has 0 radical (unpaired) electrons. The van der Waals surface area contributed by atoms with E-state index in [9.17, 15) is 4.79 Å². The number of nitrogens with one attached hydrogen (secondary N) is 1. The monoisotopic (exact) mass is 315 g/mol. The highest BCUT2D eigenvalue weighted by Gasteiger charge is 2.25. The molecule has 0 aliphatic rings. The van der Waals surface area contributed by atoms with E-state index in [0.29, 0.717) is 11.3 Å². The van der Waals surface area contributed by atoms with Gasteiger partial charge in [0.2, 0.25) is 0 Å². The Bertz CT molecular complexity index is 626. The van der Waals surface area contributed by atoms with Crippen LogP contribution in [0.15, 0.2) is 54.6 Å². The first-order valence-corrected chi connectivity index (χ1v) is 7.25. The van der Waals surface area contributed by atoms with Crippen molar-refractivity contribution in [2.24, 2.45) is 0 Å². The molecule has 1 amide bonds. The number of amides is 1. The lowest BCUT2D eigenvalue weighted by Gasteiger charge is -2.26. The van der Waals surface area contributed by atoms with Crippen molar-refractivity contribution in [1.82, 2.24) is 5.32 Å². The molecule has 1 N–H and O–H groups in total. The summed E-state index contributed by atoms with van der Waals surface area (Å²) in [6.07, 6.45) is -0.591. The van der Waals surface area contributed by atoms with Gasteiger partial charge in [-0.15, -0.1) is 0 Å². The van der Waals surface area contributed by atoms with Crippen molar-refractivity contribution in [1.29, 1.82) is 0 Å². The molecule has 2 aromatic carbocycles. The molecule has 0 spiro atoms. The van der Waals surface area contributed by atoms with E-state index in [2.05, 4.69) is 5.32 Å². The van der Waals surface area contributed by atoms with Gasteiger partial charge in [-0.3, -0.25) is 4.79 Å². The number of carbonyl (C=O) groups excluding carboxylic acids is 1. The first-order valence-electron chi connectivity index (χ1n) is 7.25. The molecule has 0 saturated heterocycles. The lowest BCUT2D eigenvalue weighted by atomic mass is 10.1. The van der Waals surface area contributed by atoms with Crippen molar-refractivity contribution in [2.45, 2.75) is 12.3 Å². The van der Waals surface area contributed by atoms with Gasteiger partial charge in [0.05, 0.1) is 7.11 Å². The molecule has 1 atom stereocenters. The van der Waals surface area contributed by atoms with Crippen molar-refractivity contribution in [2.75, 3.05) is 21.3 Å². The van der Waals surface area contributed by atoms with Gasteiger partial charge in [-0.05, 0) is 23.8 Å². The van der Waals surface area contributed by atoms with Crippen molar-refractivity contribution >= 4 is 5.91 Å². The molecule has 0 saturated carbocycles. The quantitative estimate of drug-likeness (QED) is 0.798. The van der Waals surface area contributed by atoms with E-state index in [1.807, 2.05) is 30.3 Å². The van der Waals surface area contributed by atoms with Crippen LogP contribution in [-0.2, 0) is 9.47 Å². The molecule has 0 fully saturated rings. The molecule has 0 bridgehead atoms. The molecule has 2 rings (SSSR count). The highest BCUT2D eigenvalue weighted by atomic mass is 16.7. The summed E-state index contributed by atoms with van der Waals surface area (Å²) in [6, 6.07) is 16.1. The van der Waals surface area contributed by atoms with Gasteiger partial charge < -0.3 is 19.5 Å². The van der Waals surface area contributed by atoms with E-state index >= 15 is 0 Å². The van der Waals surface area contributed by atoms with Crippen LogP contribution in [0.3, 0.4) is 0 Å². The fourth-order valence-electron chi connectivity index (χ4n) is 2.33. The summed E-state index contributed by atoms with van der Waals surface area (Å²) >= 11 is 0. The third-order valence-corrected chi connectivity index (χ3v) is 3.51. The molecule has 5 heteroatoms. The molecule has 0 unspecified atom stereocenters. The van der Waals surface area contributed by atoms with Crippen LogP contribution in [0.2, 0.25) is 0 Å². The van der Waals surface area contributed by atoms with E-state index in [1.165, 1.54) is 0 Å². The zero-order valence-electron chi connectivity index (χ0n) is 13.5. The number of methoxy groups -OCH3 is 3.